The Hall–Kier alpha value is -0.980. The van der Waals surface area contributed by atoms with Crippen molar-refractivity contribution in [2.75, 3.05) is 26.2 Å². The standard InChI is InChI=1S/C15H23FN2O2S/c1-2-18(11-14-4-3-9-17-10-14)21(19,20)12-13-5-7-15(16)8-6-13/h5-8,14,17H,2-4,9-12H2,1H3. The minimum Gasteiger partial charge on any atom is -0.316 e. The molecule has 0 bridgehead atoms. The molecule has 1 aromatic carbocycles. The zero-order valence-corrected chi connectivity index (χ0v) is 13.2. The van der Waals surface area contributed by atoms with Crippen molar-refractivity contribution in [3.63, 3.8) is 0 Å². The van der Waals surface area contributed by atoms with Crippen molar-refractivity contribution in [1.82, 2.24) is 9.62 Å². The normalized spacial score (nSPS) is 19.9. The van der Waals surface area contributed by atoms with Crippen LogP contribution in [0.3, 0.4) is 0 Å². The molecule has 0 aliphatic carbocycles. The van der Waals surface area contributed by atoms with Gasteiger partial charge in [-0.3, -0.25) is 0 Å². The number of rotatable bonds is 6. The van der Waals surface area contributed by atoms with Gasteiger partial charge in [-0.05, 0) is 49.5 Å². The topological polar surface area (TPSA) is 49.4 Å². The average Bonchev–Trinajstić information content (AvgIpc) is 2.48. The molecular formula is C15H23FN2O2S. The molecule has 1 unspecified atom stereocenters. The van der Waals surface area contributed by atoms with Gasteiger partial charge in [0, 0.05) is 13.1 Å². The van der Waals surface area contributed by atoms with Crippen LogP contribution in [0.15, 0.2) is 24.3 Å². The van der Waals surface area contributed by atoms with Crippen LogP contribution in [0, 0.1) is 11.7 Å². The van der Waals surface area contributed by atoms with Gasteiger partial charge in [0.15, 0.2) is 0 Å². The van der Waals surface area contributed by atoms with Gasteiger partial charge in [0.2, 0.25) is 10.0 Å². The molecule has 1 fully saturated rings. The number of nitrogens with zero attached hydrogens (tertiary/aromatic N) is 1. The molecule has 4 nitrogen and oxygen atoms in total. The van der Waals surface area contributed by atoms with Crippen molar-refractivity contribution in [3.05, 3.63) is 35.6 Å². The molecule has 0 aromatic heterocycles. The fourth-order valence-electron chi connectivity index (χ4n) is 2.69. The summed E-state index contributed by atoms with van der Waals surface area (Å²) in [6, 6.07) is 5.66. The van der Waals surface area contributed by atoms with Gasteiger partial charge in [-0.25, -0.2) is 17.1 Å². The summed E-state index contributed by atoms with van der Waals surface area (Å²) in [6.07, 6.45) is 2.16. The third kappa shape index (κ3) is 4.76. The molecule has 0 radical (unpaired) electrons. The second-order valence-corrected chi connectivity index (χ2v) is 7.51. The first-order valence-corrected chi connectivity index (χ1v) is 9.05. The third-order valence-corrected chi connectivity index (χ3v) is 5.76. The van der Waals surface area contributed by atoms with Crippen molar-refractivity contribution in [1.29, 1.82) is 0 Å². The number of hydrogen-bond acceptors (Lipinski definition) is 3. The van der Waals surface area contributed by atoms with E-state index in [1.54, 1.807) is 4.31 Å². The first kappa shape index (κ1) is 16.4. The number of hydrogen-bond donors (Lipinski definition) is 1. The van der Waals surface area contributed by atoms with Gasteiger partial charge in [-0.1, -0.05) is 19.1 Å². The predicted octanol–water partition coefficient (Wildman–Crippen LogP) is 1.98. The molecule has 1 heterocycles. The van der Waals surface area contributed by atoms with E-state index in [4.69, 9.17) is 0 Å². The molecule has 1 N–H and O–H groups in total. The van der Waals surface area contributed by atoms with Gasteiger partial charge < -0.3 is 5.32 Å². The highest BCUT2D eigenvalue weighted by molar-refractivity contribution is 7.88. The molecule has 1 aliphatic heterocycles. The van der Waals surface area contributed by atoms with E-state index in [1.807, 2.05) is 6.92 Å². The van der Waals surface area contributed by atoms with Gasteiger partial charge in [-0.15, -0.1) is 0 Å². The summed E-state index contributed by atoms with van der Waals surface area (Å²) in [5.74, 6) is -0.0418. The average molecular weight is 314 g/mol. The van der Waals surface area contributed by atoms with E-state index >= 15 is 0 Å². The van der Waals surface area contributed by atoms with E-state index in [2.05, 4.69) is 5.32 Å². The zero-order chi connectivity index (χ0) is 15.3. The van der Waals surface area contributed by atoms with Crippen LogP contribution in [-0.4, -0.2) is 38.9 Å². The quantitative estimate of drug-likeness (QED) is 0.873. The summed E-state index contributed by atoms with van der Waals surface area (Å²) < 4.78 is 39.4. The largest absolute Gasteiger partial charge is 0.316 e. The molecule has 0 saturated carbocycles. The van der Waals surface area contributed by atoms with Crippen molar-refractivity contribution in [2.45, 2.75) is 25.5 Å². The maximum atomic E-state index is 12.9. The van der Waals surface area contributed by atoms with Crippen molar-refractivity contribution in [3.8, 4) is 0 Å². The van der Waals surface area contributed by atoms with E-state index < -0.39 is 10.0 Å². The van der Waals surface area contributed by atoms with Crippen LogP contribution >= 0.6 is 0 Å². The first-order valence-electron chi connectivity index (χ1n) is 7.44. The highest BCUT2D eigenvalue weighted by Crippen LogP contribution is 2.17. The highest BCUT2D eigenvalue weighted by Gasteiger charge is 2.25. The molecular weight excluding hydrogens is 291 g/mol. The third-order valence-electron chi connectivity index (χ3n) is 3.87. The van der Waals surface area contributed by atoms with Crippen LogP contribution in [0.25, 0.3) is 0 Å². The Balaban J connectivity index is 2.02. The first-order chi connectivity index (χ1) is 10.0. The van der Waals surface area contributed by atoms with E-state index in [9.17, 15) is 12.8 Å². The minimum atomic E-state index is -3.35. The van der Waals surface area contributed by atoms with Crippen LogP contribution in [0.2, 0.25) is 0 Å². The lowest BCUT2D eigenvalue weighted by atomic mass is 10.00. The number of sulfonamides is 1. The molecule has 1 aromatic rings. The van der Waals surface area contributed by atoms with Crippen molar-refractivity contribution >= 4 is 10.0 Å². The summed E-state index contributed by atoms with van der Waals surface area (Å²) in [6.45, 7) is 4.79. The number of halogens is 1. The monoisotopic (exact) mass is 314 g/mol. The summed E-state index contributed by atoms with van der Waals surface area (Å²) in [5, 5.41) is 3.31. The van der Waals surface area contributed by atoms with Gasteiger partial charge in [0.1, 0.15) is 5.82 Å². The summed E-state index contributed by atoms with van der Waals surface area (Å²) in [5.41, 5.74) is 0.622. The Morgan fingerprint density at radius 3 is 2.62 bits per heavy atom. The van der Waals surface area contributed by atoms with Crippen LogP contribution < -0.4 is 5.32 Å². The molecule has 1 aliphatic rings. The second-order valence-electron chi connectivity index (χ2n) is 5.55. The van der Waals surface area contributed by atoms with Crippen LogP contribution in [0.5, 0.6) is 0 Å². The summed E-state index contributed by atoms with van der Waals surface area (Å²) >= 11 is 0. The zero-order valence-electron chi connectivity index (χ0n) is 12.4. The van der Waals surface area contributed by atoms with Gasteiger partial charge >= 0.3 is 0 Å². The van der Waals surface area contributed by atoms with E-state index in [0.29, 0.717) is 24.6 Å². The number of benzene rings is 1. The Labute approximate surface area is 126 Å². The number of nitrogens with one attached hydrogen (secondary N) is 1. The van der Waals surface area contributed by atoms with Crippen molar-refractivity contribution < 1.29 is 12.8 Å². The lowest BCUT2D eigenvalue weighted by molar-refractivity contribution is 0.297. The Morgan fingerprint density at radius 1 is 1.33 bits per heavy atom. The molecule has 0 spiro atoms. The maximum Gasteiger partial charge on any atom is 0.218 e. The lowest BCUT2D eigenvalue weighted by Crippen LogP contribution is -2.41. The summed E-state index contributed by atoms with van der Waals surface area (Å²) in [7, 11) is -3.35. The van der Waals surface area contributed by atoms with Crippen LogP contribution in [-0.2, 0) is 15.8 Å². The fourth-order valence-corrected chi connectivity index (χ4v) is 4.32. The Kier molecular flexibility index (Phi) is 5.72. The molecule has 0 amide bonds. The maximum absolute atomic E-state index is 12.9. The van der Waals surface area contributed by atoms with Crippen LogP contribution in [0.1, 0.15) is 25.3 Å². The van der Waals surface area contributed by atoms with Gasteiger partial charge in [0.25, 0.3) is 0 Å². The lowest BCUT2D eigenvalue weighted by Gasteiger charge is -2.29. The second kappa shape index (κ2) is 7.33. The smallest absolute Gasteiger partial charge is 0.218 e. The Bertz CT molecular complexity index is 539. The van der Waals surface area contributed by atoms with E-state index in [0.717, 1.165) is 25.9 Å². The molecule has 118 valence electrons. The Morgan fingerprint density at radius 2 is 2.05 bits per heavy atom. The van der Waals surface area contributed by atoms with E-state index in [1.165, 1.54) is 24.3 Å². The predicted molar refractivity (Wildman–Crippen MR) is 81.9 cm³/mol. The molecule has 1 atom stereocenters. The van der Waals surface area contributed by atoms with E-state index in [-0.39, 0.29) is 11.6 Å². The number of piperidine rings is 1. The van der Waals surface area contributed by atoms with Gasteiger partial charge in [0.05, 0.1) is 5.75 Å². The van der Waals surface area contributed by atoms with Crippen LogP contribution in [0.4, 0.5) is 4.39 Å². The SMILES string of the molecule is CCN(CC1CCCNC1)S(=O)(=O)Cc1ccc(F)cc1. The minimum absolute atomic E-state index is 0.0682. The molecule has 2 rings (SSSR count). The van der Waals surface area contributed by atoms with Gasteiger partial charge in [-0.2, -0.15) is 0 Å². The summed E-state index contributed by atoms with van der Waals surface area (Å²) in [4.78, 5) is 0. The molecule has 6 heteroatoms. The van der Waals surface area contributed by atoms with Crippen molar-refractivity contribution in [2.24, 2.45) is 5.92 Å². The molecule has 1 saturated heterocycles. The fraction of sp³-hybridized carbons (Fsp3) is 0.600. The highest BCUT2D eigenvalue weighted by atomic mass is 32.2. The molecule has 21 heavy (non-hydrogen) atoms.